The SMILES string of the molecule is COc1cnc2c(c1)CCCC2N(Cc1ccc(CNCc2ccccn2)cc1)Cc1nc2ccccc2[nH]1. The van der Waals surface area contributed by atoms with Crippen LogP contribution in [0.25, 0.3) is 11.0 Å². The fourth-order valence-corrected chi connectivity index (χ4v) is 5.47. The van der Waals surface area contributed by atoms with Gasteiger partial charge < -0.3 is 15.0 Å². The normalized spacial score (nSPS) is 15.0. The molecule has 6 rings (SSSR count). The van der Waals surface area contributed by atoms with Crippen molar-refractivity contribution < 1.29 is 4.74 Å². The number of benzene rings is 2. The first-order valence-corrected chi connectivity index (χ1v) is 13.6. The molecule has 0 spiro atoms. The summed E-state index contributed by atoms with van der Waals surface area (Å²) in [5.41, 5.74) is 8.11. The van der Waals surface area contributed by atoms with Gasteiger partial charge in [-0.1, -0.05) is 42.5 Å². The van der Waals surface area contributed by atoms with E-state index in [2.05, 4.69) is 62.6 Å². The van der Waals surface area contributed by atoms with Crippen LogP contribution in [0.15, 0.2) is 85.2 Å². The molecule has 3 aromatic heterocycles. The zero-order valence-electron chi connectivity index (χ0n) is 22.3. The Bertz CT molecular complexity index is 1480. The molecule has 0 radical (unpaired) electrons. The van der Waals surface area contributed by atoms with Crippen LogP contribution in [0.5, 0.6) is 5.75 Å². The van der Waals surface area contributed by atoms with Crippen LogP contribution in [0, 0.1) is 0 Å². The van der Waals surface area contributed by atoms with Gasteiger partial charge in [0, 0.05) is 25.8 Å². The number of ether oxygens (including phenoxy) is 1. The number of para-hydroxylation sites is 2. The summed E-state index contributed by atoms with van der Waals surface area (Å²) in [5, 5.41) is 3.49. The van der Waals surface area contributed by atoms with Gasteiger partial charge in [-0.15, -0.1) is 0 Å². The van der Waals surface area contributed by atoms with Crippen molar-refractivity contribution in [2.24, 2.45) is 0 Å². The lowest BCUT2D eigenvalue weighted by atomic mass is 9.90. The van der Waals surface area contributed by atoms with Crippen molar-refractivity contribution >= 4 is 11.0 Å². The van der Waals surface area contributed by atoms with E-state index in [-0.39, 0.29) is 6.04 Å². The van der Waals surface area contributed by atoms with Crippen LogP contribution in [-0.2, 0) is 32.6 Å². The third-order valence-electron chi connectivity index (χ3n) is 7.45. The van der Waals surface area contributed by atoms with Gasteiger partial charge in [0.1, 0.15) is 11.6 Å². The molecule has 1 aliphatic rings. The van der Waals surface area contributed by atoms with Crippen LogP contribution in [-0.4, -0.2) is 31.9 Å². The first-order chi connectivity index (χ1) is 19.2. The van der Waals surface area contributed by atoms with Crippen molar-refractivity contribution in [1.82, 2.24) is 30.2 Å². The Morgan fingerprint density at radius 3 is 2.62 bits per heavy atom. The van der Waals surface area contributed by atoms with E-state index in [0.29, 0.717) is 0 Å². The van der Waals surface area contributed by atoms with E-state index in [1.54, 1.807) is 7.11 Å². The standard InChI is InChI=1S/C32H34N6O/c1-39-27-17-25-7-6-11-30(32(25)35-20-27)38(22-31-36-28-9-2-3-10-29(28)37-31)21-24-14-12-23(13-15-24)18-33-19-26-8-4-5-16-34-26/h2-5,8-10,12-17,20,30,33H,6-7,11,18-19,21-22H2,1H3,(H,36,37). The van der Waals surface area contributed by atoms with Crippen LogP contribution < -0.4 is 10.1 Å². The maximum Gasteiger partial charge on any atom is 0.137 e. The van der Waals surface area contributed by atoms with Crippen molar-refractivity contribution in [3.63, 3.8) is 0 Å². The third-order valence-corrected chi connectivity index (χ3v) is 7.45. The molecule has 1 aliphatic carbocycles. The molecule has 7 nitrogen and oxygen atoms in total. The van der Waals surface area contributed by atoms with Crippen LogP contribution in [0.4, 0.5) is 0 Å². The Kier molecular flexibility index (Phi) is 7.61. The molecule has 0 saturated heterocycles. The number of pyridine rings is 2. The molecule has 3 heterocycles. The highest BCUT2D eigenvalue weighted by atomic mass is 16.5. The van der Waals surface area contributed by atoms with E-state index in [0.717, 1.165) is 79.4 Å². The second-order valence-electron chi connectivity index (χ2n) is 10.2. The number of aromatic amines is 1. The Hall–Kier alpha value is -4.07. The molecule has 0 aliphatic heterocycles. The van der Waals surface area contributed by atoms with Crippen molar-refractivity contribution in [3.8, 4) is 5.75 Å². The number of nitrogens with one attached hydrogen (secondary N) is 2. The van der Waals surface area contributed by atoms with Crippen molar-refractivity contribution in [3.05, 3.63) is 119 Å². The van der Waals surface area contributed by atoms with Gasteiger partial charge in [0.25, 0.3) is 0 Å². The van der Waals surface area contributed by atoms with Crippen LogP contribution in [0.2, 0.25) is 0 Å². The summed E-state index contributed by atoms with van der Waals surface area (Å²) in [4.78, 5) is 20.2. The van der Waals surface area contributed by atoms with E-state index in [1.165, 1.54) is 16.7 Å². The molecule has 1 unspecified atom stereocenters. The molecule has 2 N–H and O–H groups in total. The topological polar surface area (TPSA) is 79.0 Å². The summed E-state index contributed by atoms with van der Waals surface area (Å²) in [7, 11) is 1.70. The largest absolute Gasteiger partial charge is 0.495 e. The highest BCUT2D eigenvalue weighted by Crippen LogP contribution is 2.36. The zero-order valence-corrected chi connectivity index (χ0v) is 22.3. The molecular formula is C32H34N6O. The Morgan fingerprint density at radius 2 is 1.79 bits per heavy atom. The Balaban J connectivity index is 1.21. The predicted molar refractivity (Wildman–Crippen MR) is 153 cm³/mol. The minimum atomic E-state index is 0.215. The number of nitrogens with zero attached hydrogens (tertiary/aromatic N) is 4. The summed E-state index contributed by atoms with van der Waals surface area (Å²) in [5.74, 6) is 1.80. The van der Waals surface area contributed by atoms with E-state index < -0.39 is 0 Å². The number of aromatic nitrogens is 4. The van der Waals surface area contributed by atoms with Gasteiger partial charge in [0.15, 0.2) is 0 Å². The van der Waals surface area contributed by atoms with Gasteiger partial charge in [-0.05, 0) is 66.3 Å². The van der Waals surface area contributed by atoms with E-state index >= 15 is 0 Å². The molecule has 0 fully saturated rings. The van der Waals surface area contributed by atoms with Gasteiger partial charge in [-0.2, -0.15) is 0 Å². The number of imidazole rings is 1. The van der Waals surface area contributed by atoms with Crippen LogP contribution in [0.1, 0.15) is 52.8 Å². The van der Waals surface area contributed by atoms with Crippen molar-refractivity contribution in [2.45, 2.75) is 51.5 Å². The fraction of sp³-hybridized carbons (Fsp3) is 0.281. The van der Waals surface area contributed by atoms with Gasteiger partial charge in [0.05, 0.1) is 48.3 Å². The maximum absolute atomic E-state index is 5.47. The molecule has 0 saturated carbocycles. The first-order valence-electron chi connectivity index (χ1n) is 13.6. The number of H-pyrrole nitrogens is 1. The average molecular weight is 519 g/mol. The molecule has 0 amide bonds. The smallest absolute Gasteiger partial charge is 0.137 e. The first kappa shape index (κ1) is 25.2. The molecule has 5 aromatic rings. The van der Waals surface area contributed by atoms with E-state index in [4.69, 9.17) is 14.7 Å². The number of hydrogen-bond acceptors (Lipinski definition) is 6. The quantitative estimate of drug-likeness (QED) is 0.246. The minimum absolute atomic E-state index is 0.215. The van der Waals surface area contributed by atoms with Crippen LogP contribution >= 0.6 is 0 Å². The predicted octanol–water partition coefficient (Wildman–Crippen LogP) is 5.73. The van der Waals surface area contributed by atoms with Crippen LogP contribution in [0.3, 0.4) is 0 Å². The zero-order chi connectivity index (χ0) is 26.4. The molecule has 198 valence electrons. The third kappa shape index (κ3) is 6.00. The lowest BCUT2D eigenvalue weighted by molar-refractivity contribution is 0.153. The molecular weight excluding hydrogens is 484 g/mol. The number of aryl methyl sites for hydroxylation is 1. The van der Waals surface area contributed by atoms with Gasteiger partial charge in [-0.25, -0.2) is 4.98 Å². The summed E-state index contributed by atoms with van der Waals surface area (Å²) >= 11 is 0. The van der Waals surface area contributed by atoms with Gasteiger partial charge >= 0.3 is 0 Å². The van der Waals surface area contributed by atoms with Crippen molar-refractivity contribution in [1.29, 1.82) is 0 Å². The monoisotopic (exact) mass is 518 g/mol. The summed E-state index contributed by atoms with van der Waals surface area (Å²) in [6.07, 6.45) is 6.92. The van der Waals surface area contributed by atoms with Crippen molar-refractivity contribution in [2.75, 3.05) is 7.11 Å². The lowest BCUT2D eigenvalue weighted by Gasteiger charge is -2.35. The van der Waals surface area contributed by atoms with E-state index in [9.17, 15) is 0 Å². The molecule has 7 heteroatoms. The average Bonchev–Trinajstić information content (AvgIpc) is 3.40. The molecule has 0 bridgehead atoms. The summed E-state index contributed by atoms with van der Waals surface area (Å²) in [6.45, 7) is 3.10. The molecule has 2 aromatic carbocycles. The Labute approximate surface area is 229 Å². The highest BCUT2D eigenvalue weighted by molar-refractivity contribution is 5.74. The number of rotatable bonds is 10. The summed E-state index contributed by atoms with van der Waals surface area (Å²) in [6, 6.07) is 25.5. The number of hydrogen-bond donors (Lipinski definition) is 2. The summed E-state index contributed by atoms with van der Waals surface area (Å²) < 4.78 is 5.47. The lowest BCUT2D eigenvalue weighted by Crippen LogP contribution is -2.32. The van der Waals surface area contributed by atoms with E-state index in [1.807, 2.05) is 42.7 Å². The molecule has 39 heavy (non-hydrogen) atoms. The number of fused-ring (bicyclic) bond motifs is 2. The maximum atomic E-state index is 5.47. The second kappa shape index (κ2) is 11.8. The van der Waals surface area contributed by atoms with Gasteiger partial charge in [-0.3, -0.25) is 14.9 Å². The van der Waals surface area contributed by atoms with Gasteiger partial charge in [0.2, 0.25) is 0 Å². The minimum Gasteiger partial charge on any atom is -0.495 e. The molecule has 1 atom stereocenters. The fourth-order valence-electron chi connectivity index (χ4n) is 5.47. The second-order valence-corrected chi connectivity index (χ2v) is 10.2. The Morgan fingerprint density at radius 1 is 0.949 bits per heavy atom. The highest BCUT2D eigenvalue weighted by Gasteiger charge is 2.28. The number of methoxy groups -OCH3 is 1.